The van der Waals surface area contributed by atoms with Crippen LogP contribution in [0.3, 0.4) is 0 Å². The van der Waals surface area contributed by atoms with E-state index < -0.39 is 0 Å². The molecule has 100 valence electrons. The molecule has 3 nitrogen and oxygen atoms in total. The maximum Gasteiger partial charge on any atom is 0.275 e. The van der Waals surface area contributed by atoms with Gasteiger partial charge in [0.2, 0.25) is 0 Å². The summed E-state index contributed by atoms with van der Waals surface area (Å²) in [6.07, 6.45) is 0. The Balaban J connectivity index is 2.59. The van der Waals surface area contributed by atoms with Crippen LogP contribution in [0.4, 0.5) is 0 Å². The monoisotopic (exact) mass is 289 g/mol. The fourth-order valence-electron chi connectivity index (χ4n) is 1.71. The average Bonchev–Trinajstić information content (AvgIpc) is 2.22. The lowest BCUT2D eigenvalue weighted by Gasteiger charge is -2.16. The summed E-state index contributed by atoms with van der Waals surface area (Å²) in [5, 5.41) is 4.15. The van der Waals surface area contributed by atoms with Crippen molar-refractivity contribution >= 4 is 29.1 Å². The first-order valence-electron chi connectivity index (χ1n) is 5.93. The highest BCUT2D eigenvalue weighted by atomic mass is 35.5. The normalized spacial score (nSPS) is 12.6. The number of carbonyl (C=O) groups excluding carboxylic acids is 1. The minimum atomic E-state index is 0.0330. The van der Waals surface area contributed by atoms with Crippen molar-refractivity contribution in [1.82, 2.24) is 5.32 Å². The van der Waals surface area contributed by atoms with Crippen LogP contribution in [0.5, 0.6) is 0 Å². The average molecular weight is 290 g/mol. The molecule has 0 fully saturated rings. The molecule has 0 saturated carbocycles. The molecule has 0 aliphatic heterocycles. The van der Waals surface area contributed by atoms with Crippen LogP contribution in [0.25, 0.3) is 0 Å². The van der Waals surface area contributed by atoms with Crippen LogP contribution in [0.15, 0.2) is 18.2 Å². The molecule has 1 aromatic rings. The molecule has 0 aromatic heterocycles. The molecule has 2 N–H and O–H groups in total. The van der Waals surface area contributed by atoms with Crippen molar-refractivity contribution in [3.63, 3.8) is 0 Å². The Morgan fingerprint density at radius 2 is 1.89 bits per heavy atom. The number of likely N-dealkylation sites (N-methyl/N-ethyl adjacent to an activating group) is 1. The summed E-state index contributed by atoms with van der Waals surface area (Å²) < 4.78 is 0. The summed E-state index contributed by atoms with van der Waals surface area (Å²) in [5.41, 5.74) is 0.885. The Hall–Kier alpha value is -0.770. The van der Waals surface area contributed by atoms with Gasteiger partial charge in [0.05, 0.1) is 17.1 Å². The standard InChI is InChI=1S/C13H18Cl2N2O/c1-9(2)16-13(18)8-17(3)7-10-11(14)5-4-6-12(10)15/h4-6,9H,7-8H2,1-3H3,(H,16,18)/p+1. The fraction of sp³-hybridized carbons (Fsp3) is 0.462. The third-order valence-electron chi connectivity index (χ3n) is 2.45. The molecular weight excluding hydrogens is 271 g/mol. The van der Waals surface area contributed by atoms with Crippen LogP contribution in [0.1, 0.15) is 19.4 Å². The highest BCUT2D eigenvalue weighted by Gasteiger charge is 2.14. The second-order valence-electron chi connectivity index (χ2n) is 4.73. The van der Waals surface area contributed by atoms with E-state index in [2.05, 4.69) is 5.32 Å². The van der Waals surface area contributed by atoms with Crippen LogP contribution in [0, 0.1) is 0 Å². The molecule has 1 atom stereocenters. The molecule has 0 heterocycles. The number of nitrogens with one attached hydrogen (secondary N) is 2. The van der Waals surface area contributed by atoms with E-state index in [1.54, 1.807) is 0 Å². The molecule has 0 aliphatic carbocycles. The second-order valence-corrected chi connectivity index (χ2v) is 5.55. The molecule has 1 amide bonds. The molecule has 1 aromatic carbocycles. The molecule has 18 heavy (non-hydrogen) atoms. The molecular formula is C13H19Cl2N2O+. The largest absolute Gasteiger partial charge is 0.349 e. The number of amides is 1. The van der Waals surface area contributed by atoms with Gasteiger partial charge in [-0.1, -0.05) is 29.3 Å². The predicted molar refractivity (Wildman–Crippen MR) is 75.2 cm³/mol. The molecule has 0 radical (unpaired) electrons. The number of carbonyl (C=O) groups is 1. The Kier molecular flexibility index (Phi) is 5.93. The van der Waals surface area contributed by atoms with Gasteiger partial charge in [-0.25, -0.2) is 0 Å². The van der Waals surface area contributed by atoms with E-state index in [-0.39, 0.29) is 11.9 Å². The van der Waals surface area contributed by atoms with Crippen molar-refractivity contribution in [2.75, 3.05) is 13.6 Å². The number of halogens is 2. The lowest BCUT2D eigenvalue weighted by atomic mass is 10.2. The maximum atomic E-state index is 11.6. The topological polar surface area (TPSA) is 33.5 Å². The van der Waals surface area contributed by atoms with Gasteiger partial charge in [-0.15, -0.1) is 0 Å². The first kappa shape index (κ1) is 15.3. The number of rotatable bonds is 5. The zero-order chi connectivity index (χ0) is 13.7. The van der Waals surface area contributed by atoms with E-state index in [1.165, 1.54) is 0 Å². The van der Waals surface area contributed by atoms with E-state index >= 15 is 0 Å². The zero-order valence-corrected chi connectivity index (χ0v) is 12.4. The van der Waals surface area contributed by atoms with E-state index in [1.807, 2.05) is 39.1 Å². The number of quaternary nitrogens is 1. The summed E-state index contributed by atoms with van der Waals surface area (Å²) >= 11 is 12.2. The molecule has 1 unspecified atom stereocenters. The first-order chi connectivity index (χ1) is 8.40. The van der Waals surface area contributed by atoms with Crippen molar-refractivity contribution < 1.29 is 9.69 Å². The van der Waals surface area contributed by atoms with Crippen LogP contribution in [0.2, 0.25) is 10.0 Å². The van der Waals surface area contributed by atoms with Crippen LogP contribution in [-0.2, 0) is 11.3 Å². The van der Waals surface area contributed by atoms with Gasteiger partial charge in [-0.3, -0.25) is 4.79 Å². The summed E-state index contributed by atoms with van der Waals surface area (Å²) in [4.78, 5) is 12.7. The van der Waals surface area contributed by atoms with Gasteiger partial charge >= 0.3 is 0 Å². The van der Waals surface area contributed by atoms with Gasteiger partial charge in [0.1, 0.15) is 6.54 Å². The Morgan fingerprint density at radius 3 is 2.39 bits per heavy atom. The van der Waals surface area contributed by atoms with Crippen molar-refractivity contribution in [1.29, 1.82) is 0 Å². The van der Waals surface area contributed by atoms with E-state index in [0.29, 0.717) is 23.1 Å². The number of hydrogen-bond donors (Lipinski definition) is 2. The molecule has 5 heteroatoms. The van der Waals surface area contributed by atoms with Gasteiger partial charge in [-0.2, -0.15) is 0 Å². The highest BCUT2D eigenvalue weighted by molar-refractivity contribution is 6.35. The highest BCUT2D eigenvalue weighted by Crippen LogP contribution is 2.22. The van der Waals surface area contributed by atoms with E-state index in [0.717, 1.165) is 10.5 Å². The Labute approximate surface area is 118 Å². The SMILES string of the molecule is CC(C)NC(=O)C[NH+](C)Cc1c(Cl)cccc1Cl. The summed E-state index contributed by atoms with van der Waals surface area (Å²) in [5.74, 6) is 0.0330. The van der Waals surface area contributed by atoms with Gasteiger partial charge in [-0.05, 0) is 26.0 Å². The van der Waals surface area contributed by atoms with Crippen LogP contribution >= 0.6 is 23.2 Å². The molecule has 0 saturated heterocycles. The van der Waals surface area contributed by atoms with Gasteiger partial charge < -0.3 is 10.2 Å². The van der Waals surface area contributed by atoms with E-state index in [9.17, 15) is 4.79 Å². The lowest BCUT2D eigenvalue weighted by molar-refractivity contribution is -0.885. The minimum absolute atomic E-state index is 0.0330. The number of benzene rings is 1. The third kappa shape index (κ3) is 4.84. The van der Waals surface area contributed by atoms with Crippen molar-refractivity contribution in [2.24, 2.45) is 0 Å². The van der Waals surface area contributed by atoms with Crippen molar-refractivity contribution in [2.45, 2.75) is 26.4 Å². The summed E-state index contributed by atoms with van der Waals surface area (Å²) in [6.45, 7) is 4.92. The quantitative estimate of drug-likeness (QED) is 0.847. The number of hydrogen-bond acceptors (Lipinski definition) is 1. The molecule has 0 spiro atoms. The lowest BCUT2D eigenvalue weighted by Crippen LogP contribution is -3.09. The smallest absolute Gasteiger partial charge is 0.275 e. The zero-order valence-electron chi connectivity index (χ0n) is 10.9. The predicted octanol–water partition coefficient (Wildman–Crippen LogP) is 1.53. The summed E-state index contributed by atoms with van der Waals surface area (Å²) in [7, 11) is 1.94. The van der Waals surface area contributed by atoms with E-state index in [4.69, 9.17) is 23.2 Å². The van der Waals surface area contributed by atoms with Crippen molar-refractivity contribution in [3.8, 4) is 0 Å². The van der Waals surface area contributed by atoms with Crippen molar-refractivity contribution in [3.05, 3.63) is 33.8 Å². The fourth-order valence-corrected chi connectivity index (χ4v) is 2.24. The molecule has 0 bridgehead atoms. The second kappa shape index (κ2) is 6.98. The molecule has 0 aliphatic rings. The van der Waals surface area contributed by atoms with Crippen LogP contribution < -0.4 is 10.2 Å². The minimum Gasteiger partial charge on any atom is -0.349 e. The van der Waals surface area contributed by atoms with Gasteiger partial charge in [0.15, 0.2) is 6.54 Å². The third-order valence-corrected chi connectivity index (χ3v) is 3.16. The van der Waals surface area contributed by atoms with Gasteiger partial charge in [0.25, 0.3) is 5.91 Å². The Morgan fingerprint density at radius 1 is 1.33 bits per heavy atom. The maximum absolute atomic E-state index is 11.6. The Bertz CT molecular complexity index is 401. The summed E-state index contributed by atoms with van der Waals surface area (Å²) in [6, 6.07) is 5.60. The van der Waals surface area contributed by atoms with Crippen LogP contribution in [-0.4, -0.2) is 25.5 Å². The van der Waals surface area contributed by atoms with Gasteiger partial charge in [0, 0.05) is 11.6 Å². The molecule has 1 rings (SSSR count). The first-order valence-corrected chi connectivity index (χ1v) is 6.69.